The maximum absolute atomic E-state index is 13.7. The molecule has 1 atom stereocenters. The van der Waals surface area contributed by atoms with Gasteiger partial charge in [0.05, 0.1) is 0 Å². The number of ether oxygens (including phenoxy) is 1. The summed E-state index contributed by atoms with van der Waals surface area (Å²) in [4.78, 5) is 47.6. The van der Waals surface area contributed by atoms with Crippen LogP contribution in [0.15, 0.2) is 72.9 Å². The fraction of sp³-hybridized carbons (Fsp3) is 0.394. The van der Waals surface area contributed by atoms with Gasteiger partial charge in [0.25, 0.3) is 5.91 Å². The van der Waals surface area contributed by atoms with Gasteiger partial charge in [0.2, 0.25) is 11.8 Å². The smallest absolute Gasteiger partial charge is 0.251 e. The van der Waals surface area contributed by atoms with E-state index in [0.29, 0.717) is 42.9 Å². The number of likely N-dealkylation sites (tertiary alicyclic amines) is 1. The number of carbonyl (C=O) groups is 3. The van der Waals surface area contributed by atoms with Gasteiger partial charge in [-0.1, -0.05) is 31.5 Å². The number of aromatic nitrogens is 1. The van der Waals surface area contributed by atoms with E-state index in [-0.39, 0.29) is 17.7 Å². The van der Waals surface area contributed by atoms with Crippen LogP contribution in [0.5, 0.6) is 11.5 Å². The molecule has 0 saturated carbocycles. The van der Waals surface area contributed by atoms with Gasteiger partial charge in [-0.3, -0.25) is 24.3 Å². The predicted octanol–water partition coefficient (Wildman–Crippen LogP) is 3.94. The second-order valence-electron chi connectivity index (χ2n) is 11.1. The number of nitrogens with one attached hydrogen (secondary N) is 2. The summed E-state index contributed by atoms with van der Waals surface area (Å²) in [7, 11) is 1.60. The van der Waals surface area contributed by atoms with Crippen molar-refractivity contribution in [2.45, 2.75) is 57.2 Å². The van der Waals surface area contributed by atoms with Gasteiger partial charge < -0.3 is 20.3 Å². The molecule has 9 nitrogen and oxygen atoms in total. The number of nitrogens with zero attached hydrogens (tertiary/aromatic N) is 3. The molecule has 3 amide bonds. The van der Waals surface area contributed by atoms with Crippen molar-refractivity contribution in [3.63, 3.8) is 0 Å². The Morgan fingerprint density at radius 3 is 2.33 bits per heavy atom. The summed E-state index contributed by atoms with van der Waals surface area (Å²) in [5.74, 6) is 1.20. The van der Waals surface area contributed by atoms with Crippen LogP contribution in [-0.2, 0) is 22.6 Å². The van der Waals surface area contributed by atoms with Crippen LogP contribution in [0.2, 0.25) is 0 Å². The van der Waals surface area contributed by atoms with Crippen molar-refractivity contribution >= 4 is 17.7 Å². The average molecular weight is 570 g/mol. The molecule has 2 fully saturated rings. The minimum absolute atomic E-state index is 0.000936. The number of piperidine rings is 1. The minimum atomic E-state index is -0.797. The van der Waals surface area contributed by atoms with Crippen LogP contribution >= 0.6 is 0 Å². The van der Waals surface area contributed by atoms with Crippen LogP contribution in [0, 0.1) is 0 Å². The van der Waals surface area contributed by atoms with E-state index in [9.17, 15) is 14.4 Å². The van der Waals surface area contributed by atoms with Crippen molar-refractivity contribution in [2.75, 3.05) is 26.7 Å². The minimum Gasteiger partial charge on any atom is -0.457 e. The third-order valence-electron chi connectivity index (χ3n) is 8.28. The summed E-state index contributed by atoms with van der Waals surface area (Å²) in [5, 5.41) is 5.67. The molecule has 0 bridgehead atoms. The standard InChI is InChI=1S/C33H39N5O4/c1-3-4-19-38-31(40)29(22-26-7-5-6-18-35-26)36-32(41)33(38)16-20-37(21-17-33)23-24-8-12-27(13-9-24)42-28-14-10-25(11-15-28)30(39)34-2/h5-15,18,29H,3-4,16-17,19-23H2,1-2H3,(H,34,39)(H,36,41). The van der Waals surface area contributed by atoms with Crippen molar-refractivity contribution < 1.29 is 19.1 Å². The molecule has 2 N–H and O–H groups in total. The molecule has 1 aromatic heterocycles. The Hall–Kier alpha value is -4.24. The van der Waals surface area contributed by atoms with Gasteiger partial charge in [-0.05, 0) is 73.4 Å². The Morgan fingerprint density at radius 1 is 1.02 bits per heavy atom. The third-order valence-corrected chi connectivity index (χ3v) is 8.28. The van der Waals surface area contributed by atoms with E-state index in [1.807, 2.05) is 47.4 Å². The van der Waals surface area contributed by atoms with Gasteiger partial charge in [-0.2, -0.15) is 0 Å². The number of hydrogen-bond donors (Lipinski definition) is 2. The van der Waals surface area contributed by atoms with E-state index in [1.54, 1.807) is 37.5 Å². The maximum Gasteiger partial charge on any atom is 0.251 e. The molecule has 3 aromatic rings. The maximum atomic E-state index is 13.7. The molecular weight excluding hydrogens is 530 g/mol. The van der Waals surface area contributed by atoms with Crippen LogP contribution in [0.25, 0.3) is 0 Å². The summed E-state index contributed by atoms with van der Waals surface area (Å²) in [6.07, 6.45) is 5.16. The van der Waals surface area contributed by atoms with E-state index >= 15 is 0 Å². The number of carbonyl (C=O) groups excluding carboxylic acids is 3. The van der Waals surface area contributed by atoms with Gasteiger partial charge in [-0.25, -0.2) is 0 Å². The number of amides is 3. The Balaban J connectivity index is 1.19. The molecule has 2 aliphatic rings. The lowest BCUT2D eigenvalue weighted by molar-refractivity contribution is -0.161. The number of pyridine rings is 1. The molecular formula is C33H39N5O4. The zero-order valence-corrected chi connectivity index (χ0v) is 24.3. The number of unbranched alkanes of at least 4 members (excludes halogenated alkanes) is 1. The van der Waals surface area contributed by atoms with Gasteiger partial charge in [0, 0.05) is 57.1 Å². The van der Waals surface area contributed by atoms with Crippen LogP contribution < -0.4 is 15.4 Å². The molecule has 9 heteroatoms. The Kier molecular flexibility index (Phi) is 9.17. The second-order valence-corrected chi connectivity index (χ2v) is 11.1. The molecule has 2 aromatic carbocycles. The lowest BCUT2D eigenvalue weighted by Crippen LogP contribution is -2.73. The Labute approximate surface area is 247 Å². The van der Waals surface area contributed by atoms with Gasteiger partial charge in [0.15, 0.2) is 0 Å². The zero-order chi connectivity index (χ0) is 29.5. The molecule has 5 rings (SSSR count). The SMILES string of the molecule is CCCCN1C(=O)C(Cc2ccccn2)NC(=O)C12CCN(Cc1ccc(Oc3ccc(C(=O)NC)cc3)cc1)CC2. The monoisotopic (exact) mass is 569 g/mol. The average Bonchev–Trinajstić information content (AvgIpc) is 3.02. The number of benzene rings is 2. The van der Waals surface area contributed by atoms with Crippen molar-refractivity contribution in [3.05, 3.63) is 89.7 Å². The topological polar surface area (TPSA) is 104 Å². The Morgan fingerprint density at radius 2 is 1.71 bits per heavy atom. The molecule has 0 radical (unpaired) electrons. The number of piperazine rings is 1. The van der Waals surface area contributed by atoms with E-state index in [4.69, 9.17) is 4.74 Å². The van der Waals surface area contributed by atoms with E-state index in [0.717, 1.165) is 43.7 Å². The summed E-state index contributed by atoms with van der Waals surface area (Å²) in [5.41, 5.74) is 1.73. The summed E-state index contributed by atoms with van der Waals surface area (Å²) in [6, 6.07) is 20.0. The lowest BCUT2D eigenvalue weighted by Gasteiger charge is -2.51. The highest BCUT2D eigenvalue weighted by Crippen LogP contribution is 2.34. The van der Waals surface area contributed by atoms with Crippen molar-refractivity contribution in [1.29, 1.82) is 0 Å². The molecule has 220 valence electrons. The van der Waals surface area contributed by atoms with Gasteiger partial charge in [-0.15, -0.1) is 0 Å². The van der Waals surface area contributed by atoms with Gasteiger partial charge >= 0.3 is 0 Å². The first-order valence-corrected chi connectivity index (χ1v) is 14.8. The highest BCUT2D eigenvalue weighted by molar-refractivity contribution is 6.00. The highest BCUT2D eigenvalue weighted by atomic mass is 16.5. The van der Waals surface area contributed by atoms with Crippen LogP contribution in [0.1, 0.15) is 54.2 Å². The lowest BCUT2D eigenvalue weighted by atomic mass is 9.81. The van der Waals surface area contributed by atoms with E-state index in [1.165, 1.54) is 0 Å². The number of rotatable bonds is 10. The second kappa shape index (κ2) is 13.2. The van der Waals surface area contributed by atoms with Crippen molar-refractivity contribution in [2.24, 2.45) is 0 Å². The zero-order valence-electron chi connectivity index (χ0n) is 24.3. The highest BCUT2D eigenvalue weighted by Gasteiger charge is 2.53. The van der Waals surface area contributed by atoms with Crippen molar-refractivity contribution in [3.8, 4) is 11.5 Å². The fourth-order valence-electron chi connectivity index (χ4n) is 5.84. The third kappa shape index (κ3) is 6.46. The quantitative estimate of drug-likeness (QED) is 0.384. The van der Waals surface area contributed by atoms with E-state index in [2.05, 4.69) is 27.4 Å². The molecule has 0 aliphatic carbocycles. The van der Waals surface area contributed by atoms with Crippen LogP contribution in [-0.4, -0.2) is 70.8 Å². The number of hydrogen-bond acceptors (Lipinski definition) is 6. The first-order valence-electron chi connectivity index (χ1n) is 14.8. The molecule has 42 heavy (non-hydrogen) atoms. The van der Waals surface area contributed by atoms with Crippen LogP contribution in [0.3, 0.4) is 0 Å². The first kappa shape index (κ1) is 29.3. The fourth-order valence-corrected chi connectivity index (χ4v) is 5.84. The summed E-state index contributed by atoms with van der Waals surface area (Å²) >= 11 is 0. The predicted molar refractivity (Wildman–Crippen MR) is 160 cm³/mol. The molecule has 3 heterocycles. The Bertz CT molecular complexity index is 1370. The summed E-state index contributed by atoms with van der Waals surface area (Å²) in [6.45, 7) is 4.91. The molecule has 2 saturated heterocycles. The molecule has 2 aliphatic heterocycles. The normalized spacial score (nSPS) is 18.5. The summed E-state index contributed by atoms with van der Waals surface area (Å²) < 4.78 is 5.95. The first-order chi connectivity index (χ1) is 20.4. The molecule has 1 spiro atoms. The van der Waals surface area contributed by atoms with E-state index < -0.39 is 11.6 Å². The van der Waals surface area contributed by atoms with Crippen molar-refractivity contribution in [1.82, 2.24) is 25.4 Å². The largest absolute Gasteiger partial charge is 0.457 e. The van der Waals surface area contributed by atoms with Crippen LogP contribution in [0.4, 0.5) is 0 Å². The molecule has 1 unspecified atom stereocenters. The van der Waals surface area contributed by atoms with Gasteiger partial charge in [0.1, 0.15) is 23.1 Å².